The third-order valence-corrected chi connectivity index (χ3v) is 3.91. The van der Waals surface area contributed by atoms with Gasteiger partial charge in [-0.25, -0.2) is 0 Å². The van der Waals surface area contributed by atoms with Gasteiger partial charge >= 0.3 is 0 Å². The second-order valence-corrected chi connectivity index (χ2v) is 5.29. The topological polar surface area (TPSA) is 35.2 Å². The van der Waals surface area contributed by atoms with E-state index < -0.39 is 0 Å². The van der Waals surface area contributed by atoms with Crippen LogP contribution in [0.5, 0.6) is 5.75 Å². The van der Waals surface area contributed by atoms with Crippen LogP contribution >= 0.6 is 0 Å². The van der Waals surface area contributed by atoms with Crippen LogP contribution in [0.4, 0.5) is 0 Å². The summed E-state index contributed by atoms with van der Waals surface area (Å²) in [6.45, 7) is 6.55. The number of hydrogen-bond acceptors (Lipinski definition) is 2. The van der Waals surface area contributed by atoms with Crippen molar-refractivity contribution in [3.8, 4) is 5.75 Å². The summed E-state index contributed by atoms with van der Waals surface area (Å²) in [5, 5.41) is 0. The third-order valence-electron chi connectivity index (χ3n) is 3.91. The van der Waals surface area contributed by atoms with Crippen molar-refractivity contribution in [3.05, 3.63) is 29.3 Å². The summed E-state index contributed by atoms with van der Waals surface area (Å²) in [7, 11) is 1.69. The summed E-state index contributed by atoms with van der Waals surface area (Å²) in [4.78, 5) is 0. The van der Waals surface area contributed by atoms with Gasteiger partial charge in [0.15, 0.2) is 0 Å². The van der Waals surface area contributed by atoms with Gasteiger partial charge in [0.2, 0.25) is 0 Å². The first-order chi connectivity index (χ1) is 6.88. The van der Waals surface area contributed by atoms with Gasteiger partial charge in [0.05, 0.1) is 7.11 Å². The number of rotatable bonds is 1. The molecule has 0 amide bonds. The van der Waals surface area contributed by atoms with E-state index in [-0.39, 0.29) is 11.0 Å². The molecule has 15 heavy (non-hydrogen) atoms. The lowest BCUT2D eigenvalue weighted by molar-refractivity contribution is 0.211. The van der Waals surface area contributed by atoms with Crippen LogP contribution in [0.3, 0.4) is 0 Å². The van der Waals surface area contributed by atoms with E-state index in [9.17, 15) is 0 Å². The Labute approximate surface area is 91.4 Å². The van der Waals surface area contributed by atoms with Crippen molar-refractivity contribution in [2.24, 2.45) is 11.1 Å². The molecule has 0 saturated carbocycles. The van der Waals surface area contributed by atoms with E-state index in [1.165, 1.54) is 11.1 Å². The van der Waals surface area contributed by atoms with Gasteiger partial charge in [-0.2, -0.15) is 0 Å². The van der Waals surface area contributed by atoms with E-state index in [2.05, 4.69) is 32.9 Å². The molecule has 0 aliphatic heterocycles. The molecule has 0 heterocycles. The molecular formula is C13H19NO. The van der Waals surface area contributed by atoms with Crippen LogP contribution in [-0.4, -0.2) is 7.11 Å². The van der Waals surface area contributed by atoms with Crippen LogP contribution < -0.4 is 10.5 Å². The fraction of sp³-hybridized carbons (Fsp3) is 0.538. The van der Waals surface area contributed by atoms with Crippen LogP contribution in [0.25, 0.3) is 0 Å². The number of ether oxygens (including phenoxy) is 1. The van der Waals surface area contributed by atoms with Gasteiger partial charge in [-0.1, -0.05) is 19.9 Å². The average molecular weight is 205 g/mol. The Morgan fingerprint density at radius 2 is 1.93 bits per heavy atom. The van der Waals surface area contributed by atoms with Gasteiger partial charge in [0.1, 0.15) is 5.75 Å². The Morgan fingerprint density at radius 3 is 2.53 bits per heavy atom. The Hall–Kier alpha value is -1.02. The second-order valence-electron chi connectivity index (χ2n) is 5.29. The molecule has 0 aromatic heterocycles. The van der Waals surface area contributed by atoms with E-state index in [0.717, 1.165) is 12.2 Å². The monoisotopic (exact) mass is 205 g/mol. The number of methoxy groups -OCH3 is 1. The van der Waals surface area contributed by atoms with Gasteiger partial charge in [0.25, 0.3) is 0 Å². The van der Waals surface area contributed by atoms with Crippen molar-refractivity contribution in [1.29, 1.82) is 0 Å². The SMILES string of the molecule is COc1ccc2c(c1)C(C)(N)C(C)(C)C2. The van der Waals surface area contributed by atoms with Gasteiger partial charge in [-0.15, -0.1) is 0 Å². The first-order valence-corrected chi connectivity index (χ1v) is 5.35. The fourth-order valence-corrected chi connectivity index (χ4v) is 2.34. The first-order valence-electron chi connectivity index (χ1n) is 5.35. The van der Waals surface area contributed by atoms with Gasteiger partial charge < -0.3 is 10.5 Å². The number of benzene rings is 1. The fourth-order valence-electron chi connectivity index (χ4n) is 2.34. The van der Waals surface area contributed by atoms with Crippen LogP contribution in [0.1, 0.15) is 31.9 Å². The first kappa shape index (κ1) is 10.5. The van der Waals surface area contributed by atoms with Crippen molar-refractivity contribution in [2.45, 2.75) is 32.7 Å². The maximum absolute atomic E-state index is 6.44. The molecule has 1 aliphatic carbocycles. The molecule has 1 aromatic carbocycles. The van der Waals surface area contributed by atoms with E-state index in [0.29, 0.717) is 0 Å². The smallest absolute Gasteiger partial charge is 0.119 e. The van der Waals surface area contributed by atoms with Crippen molar-refractivity contribution in [3.63, 3.8) is 0 Å². The molecule has 0 fully saturated rings. The van der Waals surface area contributed by atoms with Crippen LogP contribution in [0.2, 0.25) is 0 Å². The Morgan fingerprint density at radius 1 is 1.27 bits per heavy atom. The zero-order valence-electron chi connectivity index (χ0n) is 9.92. The maximum Gasteiger partial charge on any atom is 0.119 e. The predicted molar refractivity (Wildman–Crippen MR) is 62.0 cm³/mol. The minimum Gasteiger partial charge on any atom is -0.497 e. The maximum atomic E-state index is 6.44. The van der Waals surface area contributed by atoms with Gasteiger partial charge in [0, 0.05) is 5.54 Å². The average Bonchev–Trinajstić information content (AvgIpc) is 2.34. The third kappa shape index (κ3) is 1.36. The van der Waals surface area contributed by atoms with Crippen LogP contribution in [0, 0.1) is 5.41 Å². The number of hydrogen-bond donors (Lipinski definition) is 1. The van der Waals surface area contributed by atoms with Crippen LogP contribution in [-0.2, 0) is 12.0 Å². The van der Waals surface area contributed by atoms with Crippen molar-refractivity contribution < 1.29 is 4.74 Å². The summed E-state index contributed by atoms with van der Waals surface area (Å²) < 4.78 is 5.25. The molecule has 1 atom stereocenters. The van der Waals surface area contributed by atoms with Gasteiger partial charge in [-0.3, -0.25) is 0 Å². The largest absolute Gasteiger partial charge is 0.497 e. The van der Waals surface area contributed by atoms with Crippen molar-refractivity contribution in [2.75, 3.05) is 7.11 Å². The molecule has 0 spiro atoms. The molecule has 0 radical (unpaired) electrons. The minimum absolute atomic E-state index is 0.113. The Kier molecular flexibility index (Phi) is 2.09. The molecular weight excluding hydrogens is 186 g/mol. The lowest BCUT2D eigenvalue weighted by Crippen LogP contribution is -2.43. The lowest BCUT2D eigenvalue weighted by atomic mass is 9.75. The Balaban J connectivity index is 2.56. The van der Waals surface area contributed by atoms with Crippen molar-refractivity contribution in [1.82, 2.24) is 0 Å². The van der Waals surface area contributed by atoms with E-state index in [1.54, 1.807) is 7.11 Å². The molecule has 1 aliphatic rings. The minimum atomic E-state index is -0.267. The highest BCUT2D eigenvalue weighted by molar-refractivity contribution is 5.45. The molecule has 1 aromatic rings. The molecule has 2 nitrogen and oxygen atoms in total. The van der Waals surface area contributed by atoms with E-state index >= 15 is 0 Å². The summed E-state index contributed by atoms with van der Waals surface area (Å²) in [5.41, 5.74) is 8.86. The highest BCUT2D eigenvalue weighted by atomic mass is 16.5. The summed E-state index contributed by atoms with van der Waals surface area (Å²) in [5.74, 6) is 0.892. The molecule has 2 rings (SSSR count). The molecule has 0 saturated heterocycles. The molecule has 0 bridgehead atoms. The van der Waals surface area contributed by atoms with E-state index in [1.807, 2.05) is 6.07 Å². The summed E-state index contributed by atoms with van der Waals surface area (Å²) >= 11 is 0. The standard InChI is InChI=1S/C13H19NO/c1-12(2)8-9-5-6-10(15-4)7-11(9)13(12,3)14/h5-7H,8,14H2,1-4H3. The van der Waals surface area contributed by atoms with E-state index in [4.69, 9.17) is 10.5 Å². The molecule has 2 N–H and O–H groups in total. The van der Waals surface area contributed by atoms with Gasteiger partial charge in [-0.05, 0) is 42.0 Å². The molecule has 82 valence electrons. The zero-order valence-corrected chi connectivity index (χ0v) is 9.92. The Bertz CT molecular complexity index is 394. The van der Waals surface area contributed by atoms with Crippen molar-refractivity contribution >= 4 is 0 Å². The number of fused-ring (bicyclic) bond motifs is 1. The summed E-state index contributed by atoms with van der Waals surface area (Å²) in [6.07, 6.45) is 1.04. The molecule has 1 unspecified atom stereocenters. The van der Waals surface area contributed by atoms with Crippen LogP contribution in [0.15, 0.2) is 18.2 Å². The normalized spacial score (nSPS) is 27.5. The summed E-state index contributed by atoms with van der Waals surface area (Å²) in [6, 6.07) is 6.22. The number of nitrogens with two attached hydrogens (primary N) is 1. The lowest BCUT2D eigenvalue weighted by Gasteiger charge is -2.35. The molecule has 2 heteroatoms. The predicted octanol–water partition coefficient (Wildman–Crippen LogP) is 2.45. The second kappa shape index (κ2) is 2.99. The zero-order chi connectivity index (χ0) is 11.3. The quantitative estimate of drug-likeness (QED) is 0.764. The highest BCUT2D eigenvalue weighted by Gasteiger charge is 2.46. The highest BCUT2D eigenvalue weighted by Crippen LogP contribution is 2.48.